The first kappa shape index (κ1) is 14.8. The zero-order chi connectivity index (χ0) is 13.9. The second-order valence-electron chi connectivity index (χ2n) is 3.87. The van der Waals surface area contributed by atoms with Crippen LogP contribution in [0.3, 0.4) is 0 Å². The summed E-state index contributed by atoms with van der Waals surface area (Å²) in [4.78, 5) is 11.5. The summed E-state index contributed by atoms with van der Waals surface area (Å²) in [6.07, 6.45) is -5.57. The van der Waals surface area contributed by atoms with Crippen molar-refractivity contribution in [3.8, 4) is 0 Å². The lowest BCUT2D eigenvalue weighted by molar-refractivity contribution is -0.252. The lowest BCUT2D eigenvalue weighted by atomic mass is 9.97. The highest BCUT2D eigenvalue weighted by molar-refractivity contribution is 5.74. The molecule has 0 spiro atoms. The van der Waals surface area contributed by atoms with Crippen molar-refractivity contribution >= 4 is 12.7 Å². The maximum absolute atomic E-state index is 11.5. The highest BCUT2D eigenvalue weighted by Gasteiger charge is 2.44. The third-order valence-corrected chi connectivity index (χ3v) is 2.70. The van der Waals surface area contributed by atoms with Gasteiger partial charge < -0.3 is 30.5 Å². The molecule has 9 nitrogen and oxygen atoms in total. The third kappa shape index (κ3) is 2.94. The van der Waals surface area contributed by atoms with Crippen LogP contribution in [0.25, 0.3) is 0 Å². The van der Waals surface area contributed by atoms with E-state index >= 15 is 0 Å². The van der Waals surface area contributed by atoms with E-state index in [9.17, 15) is 20.1 Å². The van der Waals surface area contributed by atoms with Gasteiger partial charge in [-0.05, 0) is 0 Å². The number of hydrazone groups is 1. The summed E-state index contributed by atoms with van der Waals surface area (Å²) in [6.45, 7) is 2.56. The highest BCUT2D eigenvalue weighted by atomic mass is 16.6. The molecule has 0 saturated carbocycles. The van der Waals surface area contributed by atoms with E-state index in [4.69, 9.17) is 9.84 Å². The number of carbonyl (C=O) groups is 1. The van der Waals surface area contributed by atoms with E-state index in [1.165, 1.54) is 7.05 Å². The molecule has 0 bridgehead atoms. The standard InChI is InChI=1S/C9H17N3O6/c1-10-12(2)9(17)11-5-7(15)6(14)4(3-13)18-8(5)16/h4-8,13-16H,1,3H2,2H3,(H,11,17)/t4-,5-,6-,7-,8+/m1/s1. The molecule has 1 saturated heterocycles. The average molecular weight is 263 g/mol. The number of nitrogens with one attached hydrogen (secondary N) is 1. The van der Waals surface area contributed by atoms with Gasteiger partial charge in [0.25, 0.3) is 0 Å². The number of hydrogen-bond acceptors (Lipinski definition) is 7. The molecular weight excluding hydrogens is 246 g/mol. The predicted octanol–water partition coefficient (Wildman–Crippen LogP) is -2.96. The minimum atomic E-state index is -1.55. The van der Waals surface area contributed by atoms with Crippen molar-refractivity contribution in [2.24, 2.45) is 5.10 Å². The van der Waals surface area contributed by atoms with Gasteiger partial charge in [-0.25, -0.2) is 9.80 Å². The fraction of sp³-hybridized carbons (Fsp3) is 0.778. The number of carbonyl (C=O) groups excluding carboxylic acids is 1. The van der Waals surface area contributed by atoms with Gasteiger partial charge in [0.1, 0.15) is 24.4 Å². The summed E-state index contributed by atoms with van der Waals surface area (Å²) < 4.78 is 4.86. The first-order chi connectivity index (χ1) is 8.42. The van der Waals surface area contributed by atoms with Crippen LogP contribution in [0.15, 0.2) is 5.10 Å². The monoisotopic (exact) mass is 263 g/mol. The van der Waals surface area contributed by atoms with Crippen LogP contribution in [-0.4, -0.2) is 82.5 Å². The maximum Gasteiger partial charge on any atom is 0.338 e. The Morgan fingerprint density at radius 3 is 2.56 bits per heavy atom. The fourth-order valence-electron chi connectivity index (χ4n) is 1.55. The van der Waals surface area contributed by atoms with Gasteiger partial charge in [0.15, 0.2) is 6.29 Å². The van der Waals surface area contributed by atoms with Crippen LogP contribution in [0.4, 0.5) is 4.79 Å². The van der Waals surface area contributed by atoms with Crippen LogP contribution in [0, 0.1) is 0 Å². The topological polar surface area (TPSA) is 135 Å². The van der Waals surface area contributed by atoms with Gasteiger partial charge in [0.2, 0.25) is 0 Å². The normalized spacial score (nSPS) is 35.9. The Morgan fingerprint density at radius 2 is 2.06 bits per heavy atom. The molecule has 0 aromatic rings. The Bertz CT molecular complexity index is 315. The van der Waals surface area contributed by atoms with Crippen molar-refractivity contribution in [3.05, 3.63) is 0 Å². The Balaban J connectivity index is 2.71. The quantitative estimate of drug-likeness (QED) is 0.273. The summed E-state index contributed by atoms with van der Waals surface area (Å²) in [7, 11) is 1.32. The molecule has 2 amide bonds. The van der Waals surface area contributed by atoms with Crippen molar-refractivity contribution in [3.63, 3.8) is 0 Å². The fourth-order valence-corrected chi connectivity index (χ4v) is 1.55. The molecule has 0 aromatic heterocycles. The lowest BCUT2D eigenvalue weighted by Crippen LogP contribution is -2.64. The molecule has 1 fully saturated rings. The van der Waals surface area contributed by atoms with Gasteiger partial charge in [0, 0.05) is 13.8 Å². The minimum Gasteiger partial charge on any atom is -0.394 e. The Kier molecular flexibility index (Phi) is 4.99. The number of hydrogen-bond donors (Lipinski definition) is 5. The number of aliphatic hydroxyl groups excluding tert-OH is 4. The molecule has 0 aromatic carbocycles. The summed E-state index contributed by atoms with van der Waals surface area (Å²) in [5.41, 5.74) is 0. The zero-order valence-electron chi connectivity index (χ0n) is 9.80. The summed E-state index contributed by atoms with van der Waals surface area (Å²) in [5.74, 6) is 0. The molecule has 1 heterocycles. The van der Waals surface area contributed by atoms with Crippen LogP contribution in [0.5, 0.6) is 0 Å². The lowest BCUT2D eigenvalue weighted by Gasteiger charge is -2.40. The first-order valence-corrected chi connectivity index (χ1v) is 5.23. The SMILES string of the molecule is C=NN(C)C(=O)N[C@@H]1[C@@H](O)[C@H](O)[C@@H](CO)O[C@@H]1O. The van der Waals surface area contributed by atoms with E-state index in [0.29, 0.717) is 0 Å². The van der Waals surface area contributed by atoms with Crippen molar-refractivity contribution in [1.82, 2.24) is 10.3 Å². The van der Waals surface area contributed by atoms with Gasteiger partial charge in [-0.15, -0.1) is 0 Å². The molecular formula is C9H17N3O6. The summed E-state index contributed by atoms with van der Waals surface area (Å²) >= 11 is 0. The Morgan fingerprint density at radius 1 is 1.44 bits per heavy atom. The molecule has 1 rings (SSSR count). The van der Waals surface area contributed by atoms with Gasteiger partial charge in [-0.3, -0.25) is 0 Å². The van der Waals surface area contributed by atoms with Crippen molar-refractivity contribution in [2.75, 3.05) is 13.7 Å². The maximum atomic E-state index is 11.5. The van der Waals surface area contributed by atoms with E-state index in [0.717, 1.165) is 5.01 Å². The molecule has 18 heavy (non-hydrogen) atoms. The van der Waals surface area contributed by atoms with Crippen molar-refractivity contribution in [1.29, 1.82) is 0 Å². The number of ether oxygens (including phenoxy) is 1. The molecule has 0 unspecified atom stereocenters. The van der Waals surface area contributed by atoms with E-state index in [2.05, 4.69) is 17.1 Å². The Labute approximate surface area is 103 Å². The molecule has 1 aliphatic rings. The van der Waals surface area contributed by atoms with Crippen molar-refractivity contribution in [2.45, 2.75) is 30.6 Å². The zero-order valence-corrected chi connectivity index (χ0v) is 9.80. The molecule has 5 atom stereocenters. The van der Waals surface area contributed by atoms with E-state index in [-0.39, 0.29) is 0 Å². The molecule has 1 aliphatic heterocycles. The second kappa shape index (κ2) is 6.07. The van der Waals surface area contributed by atoms with Gasteiger partial charge in [-0.2, -0.15) is 5.10 Å². The number of nitrogens with zero attached hydrogens (tertiary/aromatic N) is 2. The second-order valence-corrected chi connectivity index (χ2v) is 3.87. The Hall–Kier alpha value is -1.26. The van der Waals surface area contributed by atoms with Gasteiger partial charge >= 0.3 is 6.03 Å². The van der Waals surface area contributed by atoms with E-state index in [1.54, 1.807) is 0 Å². The highest BCUT2D eigenvalue weighted by Crippen LogP contribution is 2.19. The van der Waals surface area contributed by atoms with E-state index in [1.807, 2.05) is 0 Å². The van der Waals surface area contributed by atoms with Crippen LogP contribution in [-0.2, 0) is 4.74 Å². The van der Waals surface area contributed by atoms with Crippen LogP contribution < -0.4 is 5.32 Å². The summed E-state index contributed by atoms with van der Waals surface area (Å²) in [5, 5.41) is 44.2. The van der Waals surface area contributed by atoms with Gasteiger partial charge in [-0.1, -0.05) is 0 Å². The average Bonchev–Trinajstić information content (AvgIpc) is 2.37. The largest absolute Gasteiger partial charge is 0.394 e. The molecule has 0 aliphatic carbocycles. The summed E-state index contributed by atoms with van der Waals surface area (Å²) in [6, 6.07) is -1.97. The third-order valence-electron chi connectivity index (χ3n) is 2.70. The molecule has 104 valence electrons. The van der Waals surface area contributed by atoms with Gasteiger partial charge in [0.05, 0.1) is 6.61 Å². The molecule has 9 heteroatoms. The number of amides is 2. The predicted molar refractivity (Wildman–Crippen MR) is 59.6 cm³/mol. The number of urea groups is 1. The van der Waals surface area contributed by atoms with Crippen LogP contribution in [0.2, 0.25) is 0 Å². The van der Waals surface area contributed by atoms with Crippen LogP contribution >= 0.6 is 0 Å². The number of rotatable bonds is 3. The minimum absolute atomic E-state index is 0.565. The van der Waals surface area contributed by atoms with Crippen molar-refractivity contribution < 1.29 is 30.0 Å². The van der Waals surface area contributed by atoms with E-state index < -0.39 is 43.3 Å². The van der Waals surface area contributed by atoms with Crippen LogP contribution in [0.1, 0.15) is 0 Å². The first-order valence-electron chi connectivity index (χ1n) is 5.23. The smallest absolute Gasteiger partial charge is 0.338 e. The number of aliphatic hydroxyl groups is 4. The molecule has 5 N–H and O–H groups in total. The molecule has 0 radical (unpaired) electrons.